The van der Waals surface area contributed by atoms with Crippen LogP contribution in [0, 0.1) is 20.8 Å². The molecule has 4 nitrogen and oxygen atoms in total. The van der Waals surface area contributed by atoms with Crippen LogP contribution in [0.15, 0.2) is 46.0 Å². The molecule has 4 rings (SSSR count). The topological polar surface area (TPSA) is 49.4 Å². The van der Waals surface area contributed by atoms with E-state index in [1.165, 1.54) is 43.5 Å². The first-order valence-electron chi connectivity index (χ1n) is 10.4. The molecule has 0 bridgehead atoms. The average Bonchev–Trinajstić information content (AvgIpc) is 2.73. The average molecular weight is 389 g/mol. The molecule has 4 heteroatoms. The smallest absolute Gasteiger partial charge is 0.250 e. The van der Waals surface area contributed by atoms with E-state index in [0.717, 1.165) is 28.9 Å². The van der Waals surface area contributed by atoms with Crippen LogP contribution in [0.1, 0.15) is 41.5 Å². The molecule has 150 valence electrons. The molecule has 0 amide bonds. The van der Waals surface area contributed by atoms with Crippen LogP contribution in [0.25, 0.3) is 11.1 Å². The van der Waals surface area contributed by atoms with Crippen molar-refractivity contribution in [2.24, 2.45) is 0 Å². The second-order valence-electron chi connectivity index (χ2n) is 8.32. The van der Waals surface area contributed by atoms with Gasteiger partial charge in [-0.1, -0.05) is 30.7 Å². The molecule has 3 aromatic rings. The zero-order valence-corrected chi connectivity index (χ0v) is 17.5. The minimum atomic E-state index is -0.435. The number of aryl methyl sites for hydroxylation is 3. The number of likely N-dealkylation sites (tertiary alicyclic amines) is 1. The molecule has 1 aliphatic rings. The van der Waals surface area contributed by atoms with E-state index in [1.54, 1.807) is 0 Å². The Morgan fingerprint density at radius 1 is 0.828 bits per heavy atom. The van der Waals surface area contributed by atoms with Crippen molar-refractivity contribution in [3.63, 3.8) is 0 Å². The van der Waals surface area contributed by atoms with Gasteiger partial charge >= 0.3 is 0 Å². The minimum absolute atomic E-state index is 0.402. The maximum Gasteiger partial charge on any atom is 0.250 e. The van der Waals surface area contributed by atoms with Crippen LogP contribution in [0.5, 0.6) is 0 Å². The van der Waals surface area contributed by atoms with E-state index in [-0.39, 0.29) is 0 Å². The third-order valence-corrected chi connectivity index (χ3v) is 6.10. The molecule has 0 atom stereocenters. The van der Waals surface area contributed by atoms with E-state index in [9.17, 15) is 9.59 Å². The Balaban J connectivity index is 1.55. The fourth-order valence-electron chi connectivity index (χ4n) is 4.21. The highest BCUT2D eigenvalue weighted by atomic mass is 16.2. The van der Waals surface area contributed by atoms with Crippen molar-refractivity contribution < 1.29 is 0 Å². The van der Waals surface area contributed by atoms with Crippen LogP contribution in [-0.4, -0.2) is 18.0 Å². The lowest BCUT2D eigenvalue weighted by Crippen LogP contribution is -2.35. The van der Waals surface area contributed by atoms with E-state index in [1.807, 2.05) is 32.0 Å². The molecule has 0 spiro atoms. The molecule has 0 radical (unpaired) electrons. The summed E-state index contributed by atoms with van der Waals surface area (Å²) in [6.45, 7) is 9.37. The quantitative estimate of drug-likeness (QED) is 0.649. The molecule has 1 fully saturated rings. The number of piperidine rings is 1. The van der Waals surface area contributed by atoms with Crippen molar-refractivity contribution in [2.75, 3.05) is 18.4 Å². The van der Waals surface area contributed by atoms with Crippen LogP contribution in [0.4, 0.5) is 11.4 Å². The van der Waals surface area contributed by atoms with E-state index < -0.39 is 10.9 Å². The van der Waals surface area contributed by atoms with Crippen molar-refractivity contribution in [3.05, 3.63) is 79.1 Å². The number of hydrogen-bond acceptors (Lipinski definition) is 4. The van der Waals surface area contributed by atoms with E-state index in [0.29, 0.717) is 11.3 Å². The summed E-state index contributed by atoms with van der Waals surface area (Å²) in [6, 6.07) is 12.3. The number of anilines is 2. The summed E-state index contributed by atoms with van der Waals surface area (Å²) in [5.74, 6) is 0. The van der Waals surface area contributed by atoms with Gasteiger partial charge in [0, 0.05) is 12.2 Å². The van der Waals surface area contributed by atoms with Gasteiger partial charge in [0.05, 0.1) is 5.56 Å². The lowest BCUT2D eigenvalue weighted by molar-refractivity contribution is 0.221. The first-order chi connectivity index (χ1) is 13.9. The van der Waals surface area contributed by atoms with Crippen molar-refractivity contribution in [3.8, 4) is 11.1 Å². The first kappa shape index (κ1) is 19.6. The fraction of sp³-hybridized carbons (Fsp3) is 0.360. The molecule has 1 saturated heterocycles. The monoisotopic (exact) mass is 388 g/mol. The number of benzene rings is 2. The Morgan fingerprint density at radius 2 is 1.48 bits per heavy atom. The highest BCUT2D eigenvalue weighted by molar-refractivity contribution is 5.86. The predicted octanol–water partition coefficient (Wildman–Crippen LogP) is 4.60. The molecule has 0 aliphatic carbocycles. The number of hydrogen-bond donors (Lipinski definition) is 1. The normalized spacial score (nSPS) is 15.0. The zero-order chi connectivity index (χ0) is 20.5. The van der Waals surface area contributed by atoms with Gasteiger partial charge in [-0.05, 0) is 86.7 Å². The van der Waals surface area contributed by atoms with Crippen molar-refractivity contribution in [1.29, 1.82) is 0 Å². The summed E-state index contributed by atoms with van der Waals surface area (Å²) in [5.41, 5.74) is 6.35. The molecule has 3 aromatic carbocycles. The van der Waals surface area contributed by atoms with Crippen LogP contribution in [0.2, 0.25) is 0 Å². The van der Waals surface area contributed by atoms with Crippen molar-refractivity contribution >= 4 is 11.4 Å². The highest BCUT2D eigenvalue weighted by Gasteiger charge is 2.24. The summed E-state index contributed by atoms with van der Waals surface area (Å²) in [5, 5.41) is 3.19. The van der Waals surface area contributed by atoms with Gasteiger partial charge in [0.1, 0.15) is 5.69 Å². The summed E-state index contributed by atoms with van der Waals surface area (Å²) in [6.07, 6.45) is 3.90. The maximum atomic E-state index is 12.3. The van der Waals surface area contributed by atoms with E-state index in [2.05, 4.69) is 35.3 Å². The second kappa shape index (κ2) is 7.96. The van der Waals surface area contributed by atoms with Gasteiger partial charge in [0.25, 0.3) is 5.43 Å². The minimum Gasteiger partial charge on any atom is -0.352 e. The third-order valence-electron chi connectivity index (χ3n) is 6.10. The lowest BCUT2D eigenvalue weighted by Gasteiger charge is -2.26. The second-order valence-corrected chi connectivity index (χ2v) is 8.32. The van der Waals surface area contributed by atoms with Gasteiger partial charge in [0.15, 0.2) is 0 Å². The lowest BCUT2D eigenvalue weighted by atomic mass is 9.91. The molecule has 29 heavy (non-hydrogen) atoms. The number of rotatable bonds is 5. The summed E-state index contributed by atoms with van der Waals surface area (Å²) in [7, 11) is 0. The molecule has 0 saturated carbocycles. The van der Waals surface area contributed by atoms with Crippen LogP contribution >= 0.6 is 0 Å². The van der Waals surface area contributed by atoms with Gasteiger partial charge in [0.2, 0.25) is 5.43 Å². The van der Waals surface area contributed by atoms with Crippen molar-refractivity contribution in [1.82, 2.24) is 4.90 Å². The Labute approximate surface area is 171 Å². The Kier molecular flexibility index (Phi) is 5.37. The first-order valence-corrected chi connectivity index (χ1v) is 10.4. The van der Waals surface area contributed by atoms with Gasteiger partial charge in [-0.3, -0.25) is 14.5 Å². The highest BCUT2D eigenvalue weighted by Crippen LogP contribution is 2.31. The summed E-state index contributed by atoms with van der Waals surface area (Å²) < 4.78 is 0. The molecule has 1 heterocycles. The van der Waals surface area contributed by atoms with Gasteiger partial charge in [-0.2, -0.15) is 0 Å². The van der Waals surface area contributed by atoms with Gasteiger partial charge < -0.3 is 5.32 Å². The molecule has 1 aliphatic heterocycles. The Morgan fingerprint density at radius 3 is 2.17 bits per heavy atom. The molecular weight excluding hydrogens is 360 g/mol. The zero-order valence-electron chi connectivity index (χ0n) is 17.5. The summed E-state index contributed by atoms with van der Waals surface area (Å²) in [4.78, 5) is 27.1. The molecule has 1 N–H and O–H groups in total. The molecule has 0 aromatic heterocycles. The van der Waals surface area contributed by atoms with Gasteiger partial charge in [-0.15, -0.1) is 0 Å². The standard InChI is InChI=1S/C25H28N2O2/c1-16-13-18(3)21(14-17(16)2)22-23(25(29)24(22)28)26-20-9-7-19(8-10-20)15-27-11-5-4-6-12-27/h7-10,13-14,26H,4-6,11-12,15H2,1-3H3. The number of nitrogens with one attached hydrogen (secondary N) is 1. The van der Waals surface area contributed by atoms with Gasteiger partial charge in [-0.25, -0.2) is 0 Å². The molecule has 0 unspecified atom stereocenters. The Bertz CT molecular complexity index is 1100. The molecular formula is C25H28N2O2. The summed E-state index contributed by atoms with van der Waals surface area (Å²) >= 11 is 0. The van der Waals surface area contributed by atoms with E-state index >= 15 is 0 Å². The van der Waals surface area contributed by atoms with Crippen molar-refractivity contribution in [2.45, 2.75) is 46.6 Å². The van der Waals surface area contributed by atoms with Crippen LogP contribution < -0.4 is 16.2 Å². The van der Waals surface area contributed by atoms with Crippen LogP contribution in [-0.2, 0) is 6.54 Å². The van der Waals surface area contributed by atoms with E-state index in [4.69, 9.17) is 0 Å². The SMILES string of the molecule is Cc1cc(C)c(-c2c(Nc3ccc(CN4CCCCC4)cc3)c(=O)c2=O)cc1C. The predicted molar refractivity (Wildman–Crippen MR) is 120 cm³/mol. The maximum absolute atomic E-state index is 12.3. The van der Waals surface area contributed by atoms with Crippen LogP contribution in [0.3, 0.4) is 0 Å². The third kappa shape index (κ3) is 3.90. The fourth-order valence-corrected chi connectivity index (χ4v) is 4.21. The largest absolute Gasteiger partial charge is 0.352 e. The Hall–Kier alpha value is -2.72. The number of nitrogens with zero attached hydrogens (tertiary/aromatic N) is 1.